The zero-order valence-corrected chi connectivity index (χ0v) is 13.4. The van der Waals surface area contributed by atoms with E-state index < -0.39 is 22.2 Å². The first-order valence-electron chi connectivity index (χ1n) is 6.91. The van der Waals surface area contributed by atoms with E-state index in [-0.39, 0.29) is 31.7 Å². The third-order valence-corrected chi connectivity index (χ3v) is 4.72. The standard InChI is InChI=1S/C12H24N2O6S/c1-9-7-14(8-10(2)20-9)21(17,18)13-11(12(15)16)5-4-6-19-3/h9-11,13H,4-8H2,1-3H3,(H,15,16). The van der Waals surface area contributed by atoms with Crippen LogP contribution in [0.15, 0.2) is 0 Å². The molecule has 0 spiro atoms. The summed E-state index contributed by atoms with van der Waals surface area (Å²) in [5, 5.41) is 9.13. The topological polar surface area (TPSA) is 105 Å². The van der Waals surface area contributed by atoms with Crippen molar-refractivity contribution in [2.45, 2.75) is 44.9 Å². The van der Waals surface area contributed by atoms with E-state index in [1.807, 2.05) is 0 Å². The Labute approximate surface area is 125 Å². The Morgan fingerprint density at radius 3 is 2.48 bits per heavy atom. The molecule has 0 aliphatic carbocycles. The molecular formula is C12H24N2O6S. The fourth-order valence-electron chi connectivity index (χ4n) is 2.25. The van der Waals surface area contributed by atoms with Crippen LogP contribution in [0.5, 0.6) is 0 Å². The van der Waals surface area contributed by atoms with Crippen molar-refractivity contribution >= 4 is 16.2 Å². The highest BCUT2D eigenvalue weighted by molar-refractivity contribution is 7.87. The SMILES string of the molecule is COCCCC(NS(=O)(=O)N1CC(C)OC(C)C1)C(=O)O. The summed E-state index contributed by atoms with van der Waals surface area (Å²) in [5.74, 6) is -1.19. The van der Waals surface area contributed by atoms with Crippen LogP contribution >= 0.6 is 0 Å². The molecule has 8 nitrogen and oxygen atoms in total. The van der Waals surface area contributed by atoms with E-state index in [1.54, 1.807) is 13.8 Å². The Bertz CT molecular complexity index is 431. The van der Waals surface area contributed by atoms with E-state index in [4.69, 9.17) is 14.6 Å². The van der Waals surface area contributed by atoms with Crippen LogP contribution in [0.2, 0.25) is 0 Å². The number of hydrogen-bond acceptors (Lipinski definition) is 5. The molecule has 0 saturated carbocycles. The molecule has 1 rings (SSSR count). The zero-order valence-electron chi connectivity index (χ0n) is 12.6. The fourth-order valence-corrected chi connectivity index (χ4v) is 3.79. The monoisotopic (exact) mass is 324 g/mol. The quantitative estimate of drug-likeness (QED) is 0.600. The van der Waals surface area contributed by atoms with E-state index >= 15 is 0 Å². The molecule has 1 fully saturated rings. The molecule has 1 aliphatic heterocycles. The molecule has 0 radical (unpaired) electrons. The number of aliphatic carboxylic acids is 1. The van der Waals surface area contributed by atoms with Crippen molar-refractivity contribution in [2.24, 2.45) is 0 Å². The molecule has 0 aromatic rings. The van der Waals surface area contributed by atoms with Gasteiger partial charge in [0.2, 0.25) is 0 Å². The van der Waals surface area contributed by atoms with E-state index in [0.717, 1.165) is 0 Å². The van der Waals surface area contributed by atoms with Gasteiger partial charge in [-0.15, -0.1) is 0 Å². The number of nitrogens with one attached hydrogen (secondary N) is 1. The van der Waals surface area contributed by atoms with Crippen LogP contribution in [0.3, 0.4) is 0 Å². The molecule has 9 heteroatoms. The summed E-state index contributed by atoms with van der Waals surface area (Å²) in [6, 6.07) is -1.15. The van der Waals surface area contributed by atoms with Gasteiger partial charge in [-0.05, 0) is 26.7 Å². The maximum Gasteiger partial charge on any atom is 0.321 e. The molecule has 0 bridgehead atoms. The Hall–Kier alpha value is -0.740. The summed E-state index contributed by atoms with van der Waals surface area (Å²) in [6.07, 6.45) is 0.202. The summed E-state index contributed by atoms with van der Waals surface area (Å²) in [6.45, 7) is 4.38. The van der Waals surface area contributed by atoms with Crippen LogP contribution in [-0.4, -0.2) is 68.9 Å². The normalized spacial score (nSPS) is 25.7. The van der Waals surface area contributed by atoms with Gasteiger partial charge in [-0.3, -0.25) is 4.79 Å². The molecule has 0 amide bonds. The van der Waals surface area contributed by atoms with E-state index in [0.29, 0.717) is 13.0 Å². The van der Waals surface area contributed by atoms with Gasteiger partial charge >= 0.3 is 5.97 Å². The second-order valence-corrected chi connectivity index (χ2v) is 6.93. The third kappa shape index (κ3) is 5.87. The molecular weight excluding hydrogens is 300 g/mol. The number of hydrogen-bond donors (Lipinski definition) is 2. The average Bonchev–Trinajstić information content (AvgIpc) is 2.36. The lowest BCUT2D eigenvalue weighted by molar-refractivity contribution is -0.139. The van der Waals surface area contributed by atoms with E-state index in [9.17, 15) is 13.2 Å². The predicted octanol–water partition coefficient (Wildman–Crippen LogP) is -0.190. The number of nitrogens with zero attached hydrogens (tertiary/aromatic N) is 1. The second kappa shape index (κ2) is 8.04. The predicted molar refractivity (Wildman–Crippen MR) is 76.2 cm³/mol. The van der Waals surface area contributed by atoms with Gasteiger partial charge in [0.1, 0.15) is 6.04 Å². The highest BCUT2D eigenvalue weighted by atomic mass is 32.2. The first kappa shape index (κ1) is 18.3. The van der Waals surface area contributed by atoms with Crippen molar-refractivity contribution in [1.29, 1.82) is 0 Å². The van der Waals surface area contributed by atoms with Crippen molar-refractivity contribution in [3.05, 3.63) is 0 Å². The van der Waals surface area contributed by atoms with Crippen LogP contribution in [0.25, 0.3) is 0 Å². The van der Waals surface area contributed by atoms with E-state index in [1.165, 1.54) is 11.4 Å². The van der Waals surface area contributed by atoms with Crippen LogP contribution in [0, 0.1) is 0 Å². The van der Waals surface area contributed by atoms with Crippen molar-refractivity contribution < 1.29 is 27.8 Å². The Kier molecular flexibility index (Phi) is 7.01. The molecule has 3 unspecified atom stereocenters. The van der Waals surface area contributed by atoms with Crippen molar-refractivity contribution in [3.8, 4) is 0 Å². The minimum Gasteiger partial charge on any atom is -0.480 e. The number of carboxylic acids is 1. The molecule has 0 aromatic heterocycles. The molecule has 124 valence electrons. The largest absolute Gasteiger partial charge is 0.480 e. The summed E-state index contributed by atoms with van der Waals surface area (Å²) in [7, 11) is -2.34. The van der Waals surface area contributed by atoms with Crippen LogP contribution in [-0.2, 0) is 24.5 Å². The van der Waals surface area contributed by atoms with Gasteiger partial charge in [0, 0.05) is 26.8 Å². The maximum absolute atomic E-state index is 12.3. The first-order valence-corrected chi connectivity index (χ1v) is 8.35. The zero-order chi connectivity index (χ0) is 16.0. The van der Waals surface area contributed by atoms with Crippen molar-refractivity contribution in [1.82, 2.24) is 9.03 Å². The lowest BCUT2D eigenvalue weighted by atomic mass is 10.2. The first-order chi connectivity index (χ1) is 9.76. The van der Waals surface area contributed by atoms with Gasteiger partial charge in [-0.2, -0.15) is 17.4 Å². The van der Waals surface area contributed by atoms with Crippen LogP contribution in [0.1, 0.15) is 26.7 Å². The van der Waals surface area contributed by atoms with Crippen LogP contribution in [0.4, 0.5) is 0 Å². The maximum atomic E-state index is 12.3. The van der Waals surface area contributed by atoms with Gasteiger partial charge in [0.25, 0.3) is 10.2 Å². The van der Waals surface area contributed by atoms with Gasteiger partial charge in [0.05, 0.1) is 12.2 Å². The van der Waals surface area contributed by atoms with Gasteiger partial charge in [-0.25, -0.2) is 0 Å². The number of morpholine rings is 1. The van der Waals surface area contributed by atoms with E-state index in [2.05, 4.69) is 4.72 Å². The average molecular weight is 324 g/mol. The highest BCUT2D eigenvalue weighted by Gasteiger charge is 2.33. The van der Waals surface area contributed by atoms with Crippen molar-refractivity contribution in [2.75, 3.05) is 26.8 Å². The lowest BCUT2D eigenvalue weighted by Crippen LogP contribution is -2.54. The second-order valence-electron chi connectivity index (χ2n) is 5.22. The number of rotatable bonds is 8. The summed E-state index contributed by atoms with van der Waals surface area (Å²) in [5.41, 5.74) is 0. The highest BCUT2D eigenvalue weighted by Crippen LogP contribution is 2.14. The number of methoxy groups -OCH3 is 1. The number of ether oxygens (including phenoxy) is 2. The third-order valence-electron chi connectivity index (χ3n) is 3.16. The van der Waals surface area contributed by atoms with Gasteiger partial charge in [0.15, 0.2) is 0 Å². The molecule has 0 aromatic carbocycles. The van der Waals surface area contributed by atoms with Gasteiger partial charge < -0.3 is 14.6 Å². The molecule has 21 heavy (non-hydrogen) atoms. The summed E-state index contributed by atoms with van der Waals surface area (Å²) >= 11 is 0. The minimum atomic E-state index is -3.85. The van der Waals surface area contributed by atoms with Crippen molar-refractivity contribution in [3.63, 3.8) is 0 Å². The summed E-state index contributed by atoms with van der Waals surface area (Å²) in [4.78, 5) is 11.2. The smallest absolute Gasteiger partial charge is 0.321 e. The molecule has 2 N–H and O–H groups in total. The van der Waals surface area contributed by atoms with Gasteiger partial charge in [-0.1, -0.05) is 0 Å². The van der Waals surface area contributed by atoms with Crippen LogP contribution < -0.4 is 4.72 Å². The number of carboxylic acid groups (broad SMARTS) is 1. The Morgan fingerprint density at radius 2 is 2.00 bits per heavy atom. The minimum absolute atomic E-state index is 0.178. The molecule has 1 saturated heterocycles. The molecule has 1 aliphatic rings. The molecule has 1 heterocycles. The number of carbonyl (C=O) groups is 1. The Balaban J connectivity index is 2.69. The molecule has 3 atom stereocenters. The summed E-state index contributed by atoms with van der Waals surface area (Å²) < 4.78 is 38.4. The Morgan fingerprint density at radius 1 is 1.43 bits per heavy atom. The fraction of sp³-hybridized carbons (Fsp3) is 0.917. The lowest BCUT2D eigenvalue weighted by Gasteiger charge is -2.34.